The number of allylic oxidation sites excluding steroid dienone is 6. The van der Waals surface area contributed by atoms with E-state index >= 15 is 0 Å². The summed E-state index contributed by atoms with van der Waals surface area (Å²) in [6.45, 7) is 6.75. The van der Waals surface area contributed by atoms with Gasteiger partial charge in [-0.05, 0) is 116 Å². The van der Waals surface area contributed by atoms with E-state index < -0.39 is 17.9 Å². The van der Waals surface area contributed by atoms with Gasteiger partial charge in [0.25, 0.3) is 0 Å². The summed E-state index contributed by atoms with van der Waals surface area (Å²) in [5, 5.41) is 30.6. The summed E-state index contributed by atoms with van der Waals surface area (Å²) in [7, 11) is 0. The van der Waals surface area contributed by atoms with E-state index in [1.54, 1.807) is 0 Å². The summed E-state index contributed by atoms with van der Waals surface area (Å²) in [4.78, 5) is 30.6. The van der Waals surface area contributed by atoms with Crippen molar-refractivity contribution in [3.63, 3.8) is 0 Å². The average molecular weight is 889 g/mol. The second-order valence-electron chi connectivity index (χ2n) is 17.1. The first-order valence-corrected chi connectivity index (χ1v) is 25.9. The normalized spacial score (nSPS) is 11.1. The predicted octanol–water partition coefficient (Wildman–Crippen LogP) is 14.3. The van der Waals surface area contributed by atoms with Gasteiger partial charge >= 0.3 is 25.8 Å². The standard InChI is InChI=1S/3C18H34O2.Sc/c3*1-2-3-4-5-6-7-8-9-10-11-12-13-14-15-16-17-18(19)20;/h3*7-8H,2-6,9-17H2,1H3,(H,19,20);/q;;;+3/p-3/b3*8-7-;. The molecule has 6 nitrogen and oxygen atoms in total. The van der Waals surface area contributed by atoms with Crippen LogP contribution in [0.15, 0.2) is 36.5 Å². The molecule has 0 heterocycles. The minimum atomic E-state index is -0.911. The number of hydrogen-bond acceptors (Lipinski definition) is 6. The second-order valence-corrected chi connectivity index (χ2v) is 17.1. The molecular formula is C54H99O6Sc. The average Bonchev–Trinajstić information content (AvgIpc) is 3.22. The van der Waals surface area contributed by atoms with Crippen LogP contribution in [0.2, 0.25) is 0 Å². The fraction of sp³-hybridized carbons (Fsp3) is 0.833. The largest absolute Gasteiger partial charge is 3.00 e. The third-order valence-electron chi connectivity index (χ3n) is 10.9. The van der Waals surface area contributed by atoms with Crippen molar-refractivity contribution in [2.24, 2.45) is 0 Å². The maximum atomic E-state index is 10.2. The van der Waals surface area contributed by atoms with Crippen molar-refractivity contribution in [2.45, 2.75) is 290 Å². The van der Waals surface area contributed by atoms with Crippen molar-refractivity contribution >= 4 is 17.9 Å². The van der Waals surface area contributed by atoms with Crippen molar-refractivity contribution in [1.29, 1.82) is 0 Å². The van der Waals surface area contributed by atoms with Crippen molar-refractivity contribution < 1.29 is 55.5 Å². The van der Waals surface area contributed by atoms with Gasteiger partial charge in [0.05, 0.1) is 0 Å². The van der Waals surface area contributed by atoms with Crippen molar-refractivity contribution in [3.8, 4) is 0 Å². The molecule has 0 unspecified atom stereocenters. The van der Waals surface area contributed by atoms with Gasteiger partial charge in [-0.25, -0.2) is 0 Å². The molecule has 0 aliphatic carbocycles. The van der Waals surface area contributed by atoms with E-state index in [0.717, 1.165) is 38.5 Å². The number of aliphatic carboxylic acids is 3. The number of carbonyl (C=O) groups excluding carboxylic acids is 3. The minimum absolute atomic E-state index is 0. The van der Waals surface area contributed by atoms with E-state index in [1.807, 2.05) is 0 Å². The minimum Gasteiger partial charge on any atom is -0.550 e. The first kappa shape index (κ1) is 66.1. The molecule has 0 N–H and O–H groups in total. The van der Waals surface area contributed by atoms with Crippen LogP contribution in [0, 0.1) is 0 Å². The fourth-order valence-corrected chi connectivity index (χ4v) is 7.02. The van der Waals surface area contributed by atoms with Crippen LogP contribution in [0.25, 0.3) is 0 Å². The number of carbonyl (C=O) groups is 3. The van der Waals surface area contributed by atoms with E-state index in [-0.39, 0.29) is 45.1 Å². The number of carboxylic acid groups (broad SMARTS) is 3. The van der Waals surface area contributed by atoms with E-state index in [4.69, 9.17) is 0 Å². The smallest absolute Gasteiger partial charge is 0.550 e. The maximum Gasteiger partial charge on any atom is 3.00 e. The van der Waals surface area contributed by atoms with Crippen LogP contribution in [0.1, 0.15) is 290 Å². The monoisotopic (exact) mass is 889 g/mol. The Balaban J connectivity index is -0.000000396. The Morgan fingerprint density at radius 1 is 0.262 bits per heavy atom. The van der Waals surface area contributed by atoms with E-state index in [1.165, 1.54) is 212 Å². The molecule has 0 saturated carbocycles. The Hall–Kier alpha value is -1.50. The Morgan fingerprint density at radius 2 is 0.410 bits per heavy atom. The molecule has 0 aromatic carbocycles. The molecule has 0 aliphatic rings. The van der Waals surface area contributed by atoms with Gasteiger partial charge in [-0.3, -0.25) is 0 Å². The summed E-state index contributed by atoms with van der Waals surface area (Å²) < 4.78 is 0. The van der Waals surface area contributed by atoms with E-state index in [9.17, 15) is 29.7 Å². The molecule has 0 fully saturated rings. The van der Waals surface area contributed by atoms with E-state index in [0.29, 0.717) is 0 Å². The van der Waals surface area contributed by atoms with Crippen LogP contribution in [0.3, 0.4) is 0 Å². The van der Waals surface area contributed by atoms with Crippen LogP contribution in [-0.2, 0) is 40.2 Å². The Bertz CT molecular complexity index is 827. The Kier molecular flexibility index (Phi) is 68.0. The molecule has 0 amide bonds. The van der Waals surface area contributed by atoms with Gasteiger partial charge in [-0.1, -0.05) is 211 Å². The van der Waals surface area contributed by atoms with Crippen LogP contribution in [0.5, 0.6) is 0 Å². The van der Waals surface area contributed by atoms with Crippen LogP contribution in [0.4, 0.5) is 0 Å². The molecule has 0 atom stereocenters. The van der Waals surface area contributed by atoms with Crippen LogP contribution >= 0.6 is 0 Å². The SMILES string of the molecule is CCCCCC/C=C\CCCCCCCCCC(=O)[O-].CCCCCC/C=C\CCCCCCCCCC(=O)[O-].CCCCCC/C=C\CCCCCCCCCC(=O)[O-].[Sc+3]. The van der Waals surface area contributed by atoms with Gasteiger partial charge in [-0.2, -0.15) is 0 Å². The van der Waals surface area contributed by atoms with Gasteiger partial charge in [0.1, 0.15) is 0 Å². The third kappa shape index (κ3) is 76.2. The number of hydrogen-bond donors (Lipinski definition) is 0. The van der Waals surface area contributed by atoms with Crippen LogP contribution in [-0.4, -0.2) is 17.9 Å². The first-order valence-electron chi connectivity index (χ1n) is 25.9. The zero-order valence-electron chi connectivity index (χ0n) is 40.7. The zero-order valence-corrected chi connectivity index (χ0v) is 42.5. The summed E-state index contributed by atoms with van der Waals surface area (Å²) in [5.74, 6) is -2.73. The first-order chi connectivity index (χ1) is 29.3. The molecule has 7 heteroatoms. The molecule has 0 spiro atoms. The zero-order chi connectivity index (χ0) is 44.7. The molecule has 0 rings (SSSR count). The van der Waals surface area contributed by atoms with Gasteiger partial charge in [0.15, 0.2) is 0 Å². The summed E-state index contributed by atoms with van der Waals surface area (Å²) in [5.41, 5.74) is 0. The quantitative estimate of drug-likeness (QED) is 0.0443. The third-order valence-corrected chi connectivity index (χ3v) is 10.9. The van der Waals surface area contributed by atoms with Crippen molar-refractivity contribution in [1.82, 2.24) is 0 Å². The van der Waals surface area contributed by atoms with Crippen molar-refractivity contribution in [3.05, 3.63) is 36.5 Å². The molecule has 0 aliphatic heterocycles. The molecule has 0 radical (unpaired) electrons. The number of rotatable bonds is 45. The van der Waals surface area contributed by atoms with Gasteiger partial charge in [0.2, 0.25) is 0 Å². The Labute approximate surface area is 398 Å². The fourth-order valence-electron chi connectivity index (χ4n) is 7.02. The van der Waals surface area contributed by atoms with Gasteiger partial charge in [-0.15, -0.1) is 0 Å². The Morgan fingerprint density at radius 3 is 0.574 bits per heavy atom. The summed E-state index contributed by atoms with van der Waals surface area (Å²) in [6, 6.07) is 0. The molecule has 0 aromatic rings. The molecule has 61 heavy (non-hydrogen) atoms. The van der Waals surface area contributed by atoms with Crippen LogP contribution < -0.4 is 15.3 Å². The van der Waals surface area contributed by atoms with Crippen molar-refractivity contribution in [2.75, 3.05) is 0 Å². The van der Waals surface area contributed by atoms with Gasteiger partial charge in [0, 0.05) is 17.9 Å². The second kappa shape index (κ2) is 62.8. The molecule has 354 valence electrons. The number of unbranched alkanes of at least 4 members (excludes halogenated alkanes) is 33. The molecule has 0 aromatic heterocycles. The maximum absolute atomic E-state index is 10.2. The predicted molar refractivity (Wildman–Crippen MR) is 253 cm³/mol. The number of carboxylic acids is 3. The molecular weight excluding hydrogens is 790 g/mol. The molecule has 0 bridgehead atoms. The van der Waals surface area contributed by atoms with E-state index in [2.05, 4.69) is 57.2 Å². The topological polar surface area (TPSA) is 120 Å². The molecule has 0 saturated heterocycles. The van der Waals surface area contributed by atoms with Gasteiger partial charge < -0.3 is 29.7 Å². The summed E-state index contributed by atoms with van der Waals surface area (Å²) >= 11 is 0. The summed E-state index contributed by atoms with van der Waals surface area (Å²) in [6.07, 6.45) is 62.7.